The highest BCUT2D eigenvalue weighted by atomic mass is 35.5. The molecule has 0 bridgehead atoms. The standard InChI is InChI=1S/C32H56ClN3O2/c1-4-36(20-23-9-12-25(33)13-10-23)26-15-18-35(21-26)17-6-8-27-28-7-5-16-34-30(28)22-38-31-14-11-24(19-29(27)31)32(2,3)37/h19,23,25-31,34,37H,4-18,20-22H2,1-3H3/t23?,25?,26-,27?,28?,29?,30?,31?/m1/s1. The van der Waals surface area contributed by atoms with Gasteiger partial charge in [-0.1, -0.05) is 13.0 Å². The molecule has 3 heterocycles. The molecule has 3 aliphatic heterocycles. The SMILES string of the molecule is CCN(CC1CCC(Cl)CC1)[C@@H]1CCN(CCCC2C3C=C(C(C)(C)O)CCC3OCC3NCCCC32)C1. The normalized spacial score (nSPS) is 38.9. The smallest absolute Gasteiger partial charge is 0.0800 e. The number of ether oxygens (including phenoxy) is 1. The summed E-state index contributed by atoms with van der Waals surface area (Å²) in [6, 6.07) is 1.23. The summed E-state index contributed by atoms with van der Waals surface area (Å²) in [5.74, 6) is 2.64. The first kappa shape index (κ1) is 29.3. The van der Waals surface area contributed by atoms with E-state index in [-0.39, 0.29) is 0 Å². The summed E-state index contributed by atoms with van der Waals surface area (Å²) in [5.41, 5.74) is 0.515. The lowest BCUT2D eigenvalue weighted by molar-refractivity contribution is 0.00726. The van der Waals surface area contributed by atoms with Crippen molar-refractivity contribution in [2.75, 3.05) is 45.9 Å². The second-order valence-corrected chi connectivity index (χ2v) is 14.5. The maximum absolute atomic E-state index is 10.8. The minimum atomic E-state index is -0.717. The fourth-order valence-electron chi connectivity index (χ4n) is 8.65. The van der Waals surface area contributed by atoms with E-state index in [0.717, 1.165) is 38.0 Å². The minimum Gasteiger partial charge on any atom is -0.386 e. The molecular formula is C32H56ClN3O2. The Labute approximate surface area is 238 Å². The fourth-order valence-corrected chi connectivity index (χ4v) is 8.90. The van der Waals surface area contributed by atoms with Gasteiger partial charge in [-0.3, -0.25) is 4.90 Å². The number of aliphatic hydroxyl groups is 1. The summed E-state index contributed by atoms with van der Waals surface area (Å²) in [7, 11) is 0. The lowest BCUT2D eigenvalue weighted by Gasteiger charge is -2.41. The van der Waals surface area contributed by atoms with Crippen molar-refractivity contribution in [1.29, 1.82) is 0 Å². The number of rotatable bonds is 9. The zero-order chi connectivity index (χ0) is 26.7. The van der Waals surface area contributed by atoms with Crippen LogP contribution >= 0.6 is 11.6 Å². The molecule has 6 atom stereocenters. The Morgan fingerprint density at radius 3 is 2.74 bits per heavy atom. The Morgan fingerprint density at radius 1 is 1.16 bits per heavy atom. The molecule has 5 aliphatic rings. The third-order valence-corrected chi connectivity index (χ3v) is 11.4. The number of piperidine rings is 1. The first-order valence-electron chi connectivity index (χ1n) is 16.2. The van der Waals surface area contributed by atoms with Gasteiger partial charge in [0, 0.05) is 36.5 Å². The number of nitrogens with zero attached hydrogens (tertiary/aromatic N) is 2. The van der Waals surface area contributed by atoms with Crippen molar-refractivity contribution in [3.63, 3.8) is 0 Å². The first-order valence-corrected chi connectivity index (χ1v) is 16.6. The number of likely N-dealkylation sites (tertiary alicyclic amines) is 1. The van der Waals surface area contributed by atoms with Gasteiger partial charge in [0.15, 0.2) is 0 Å². The average Bonchev–Trinajstić information content (AvgIpc) is 3.32. The zero-order valence-electron chi connectivity index (χ0n) is 24.6. The van der Waals surface area contributed by atoms with Crippen molar-refractivity contribution >= 4 is 11.6 Å². The van der Waals surface area contributed by atoms with Gasteiger partial charge in [0.05, 0.1) is 18.3 Å². The van der Waals surface area contributed by atoms with Crippen molar-refractivity contribution in [2.45, 2.75) is 121 Å². The van der Waals surface area contributed by atoms with Gasteiger partial charge in [-0.2, -0.15) is 0 Å². The molecule has 218 valence electrons. The molecule has 0 spiro atoms. The molecule has 0 aromatic heterocycles. The third kappa shape index (κ3) is 7.18. The Bertz CT molecular complexity index is 777. The number of likely N-dealkylation sites (N-methyl/N-ethyl adjacent to an activating group) is 1. The zero-order valence-corrected chi connectivity index (χ0v) is 25.3. The first-order chi connectivity index (χ1) is 18.3. The van der Waals surface area contributed by atoms with Gasteiger partial charge in [0.25, 0.3) is 0 Å². The number of hydrogen-bond donors (Lipinski definition) is 2. The molecule has 2 N–H and O–H groups in total. The summed E-state index contributed by atoms with van der Waals surface area (Å²) in [5, 5.41) is 15.0. The lowest BCUT2D eigenvalue weighted by Crippen LogP contribution is -2.46. The predicted molar refractivity (Wildman–Crippen MR) is 158 cm³/mol. The Balaban J connectivity index is 1.17. The van der Waals surface area contributed by atoms with Gasteiger partial charge in [0.1, 0.15) is 0 Å². The summed E-state index contributed by atoms with van der Waals surface area (Å²) in [6.45, 7) is 14.5. The van der Waals surface area contributed by atoms with E-state index >= 15 is 0 Å². The Kier molecular flexibility index (Phi) is 10.2. The second-order valence-electron chi connectivity index (χ2n) is 13.9. The molecule has 0 radical (unpaired) electrons. The molecule has 6 heteroatoms. The van der Waals surface area contributed by atoms with E-state index in [0.29, 0.717) is 35.3 Å². The topological polar surface area (TPSA) is 48.0 Å². The summed E-state index contributed by atoms with van der Waals surface area (Å²) in [6.07, 6.45) is 16.3. The van der Waals surface area contributed by atoms with E-state index in [1.54, 1.807) is 0 Å². The fraction of sp³-hybridized carbons (Fsp3) is 0.938. The van der Waals surface area contributed by atoms with Crippen LogP contribution < -0.4 is 5.32 Å². The molecule has 5 unspecified atom stereocenters. The average molecular weight is 550 g/mol. The van der Waals surface area contributed by atoms with E-state index in [1.807, 2.05) is 13.8 Å². The van der Waals surface area contributed by atoms with Crippen molar-refractivity contribution in [3.05, 3.63) is 11.6 Å². The van der Waals surface area contributed by atoms with E-state index in [1.165, 1.54) is 96.1 Å². The third-order valence-electron chi connectivity index (χ3n) is 10.9. The Hall–Kier alpha value is -0.170. The van der Waals surface area contributed by atoms with Gasteiger partial charge in [-0.05, 0) is 134 Å². The molecule has 4 fully saturated rings. The summed E-state index contributed by atoms with van der Waals surface area (Å²) < 4.78 is 6.56. The highest BCUT2D eigenvalue weighted by molar-refractivity contribution is 6.20. The molecule has 2 aliphatic carbocycles. The Morgan fingerprint density at radius 2 is 1.97 bits per heavy atom. The summed E-state index contributed by atoms with van der Waals surface area (Å²) in [4.78, 5) is 5.54. The van der Waals surface area contributed by atoms with Gasteiger partial charge in [-0.25, -0.2) is 0 Å². The van der Waals surface area contributed by atoms with Crippen LogP contribution in [0.2, 0.25) is 0 Å². The number of fused-ring (bicyclic) bond motifs is 2. The monoisotopic (exact) mass is 549 g/mol. The molecule has 0 aromatic rings. The number of halogens is 1. The highest BCUT2D eigenvalue weighted by Crippen LogP contribution is 2.44. The van der Waals surface area contributed by atoms with Crippen LogP contribution in [0, 0.1) is 23.7 Å². The van der Waals surface area contributed by atoms with Gasteiger partial charge in [-0.15, -0.1) is 11.6 Å². The second kappa shape index (κ2) is 13.2. The minimum absolute atomic E-state index is 0.321. The van der Waals surface area contributed by atoms with Crippen LogP contribution in [0.4, 0.5) is 0 Å². The van der Waals surface area contributed by atoms with Gasteiger partial charge in [0.2, 0.25) is 0 Å². The van der Waals surface area contributed by atoms with Crippen molar-refractivity contribution in [3.8, 4) is 0 Å². The van der Waals surface area contributed by atoms with E-state index in [9.17, 15) is 5.11 Å². The van der Waals surface area contributed by atoms with Crippen molar-refractivity contribution in [1.82, 2.24) is 15.1 Å². The van der Waals surface area contributed by atoms with Crippen LogP contribution in [0.15, 0.2) is 11.6 Å². The number of alkyl halides is 1. The molecule has 5 nitrogen and oxygen atoms in total. The summed E-state index contributed by atoms with van der Waals surface area (Å²) >= 11 is 6.37. The van der Waals surface area contributed by atoms with Crippen LogP contribution in [0.25, 0.3) is 0 Å². The largest absolute Gasteiger partial charge is 0.386 e. The van der Waals surface area contributed by atoms with Crippen molar-refractivity contribution in [2.24, 2.45) is 23.7 Å². The van der Waals surface area contributed by atoms with Gasteiger partial charge >= 0.3 is 0 Å². The van der Waals surface area contributed by atoms with Crippen LogP contribution in [0.5, 0.6) is 0 Å². The van der Waals surface area contributed by atoms with Crippen LogP contribution in [-0.2, 0) is 4.74 Å². The van der Waals surface area contributed by atoms with Crippen molar-refractivity contribution < 1.29 is 9.84 Å². The van der Waals surface area contributed by atoms with E-state index in [4.69, 9.17) is 16.3 Å². The lowest BCUT2D eigenvalue weighted by atomic mass is 9.67. The molecule has 1 saturated carbocycles. The van der Waals surface area contributed by atoms with E-state index in [2.05, 4.69) is 28.1 Å². The van der Waals surface area contributed by atoms with E-state index < -0.39 is 5.60 Å². The number of nitrogens with one attached hydrogen (secondary N) is 1. The van der Waals surface area contributed by atoms with Crippen LogP contribution in [0.3, 0.4) is 0 Å². The van der Waals surface area contributed by atoms with Gasteiger partial charge < -0.3 is 20.1 Å². The quantitative estimate of drug-likeness (QED) is 0.296. The molecule has 3 saturated heterocycles. The van der Waals surface area contributed by atoms with Crippen LogP contribution in [-0.4, -0.2) is 89.9 Å². The molecule has 5 rings (SSSR count). The molecule has 0 aromatic carbocycles. The highest BCUT2D eigenvalue weighted by Gasteiger charge is 2.44. The maximum Gasteiger partial charge on any atom is 0.0800 e. The maximum atomic E-state index is 10.8. The van der Waals surface area contributed by atoms with Crippen LogP contribution in [0.1, 0.15) is 91.4 Å². The molecular weight excluding hydrogens is 494 g/mol. The number of hydrogen-bond acceptors (Lipinski definition) is 5. The predicted octanol–water partition coefficient (Wildman–Crippen LogP) is 5.45. The molecule has 0 amide bonds. The molecule has 38 heavy (non-hydrogen) atoms.